The van der Waals surface area contributed by atoms with Crippen LogP contribution in [0.25, 0.3) is 0 Å². The highest BCUT2D eigenvalue weighted by molar-refractivity contribution is 6.03. The third-order valence-corrected chi connectivity index (χ3v) is 3.71. The maximum absolute atomic E-state index is 10.9. The fourth-order valence-corrected chi connectivity index (χ4v) is 2.03. The zero-order valence-electron chi connectivity index (χ0n) is 15.9. The van der Waals surface area contributed by atoms with Gasteiger partial charge in [-0.3, -0.25) is 14.4 Å². The number of carbonyl (C=O) groups excluding carboxylic acids is 2. The number of carbonyl (C=O) groups is 3. The predicted octanol–water partition coefficient (Wildman–Crippen LogP) is 0.575. The monoisotopic (exact) mass is 403 g/mol. The standard InChI is InChI=1S/C15H14O3.C5H11N3O3/c1-11(15(16)17)12-6-5-9-14(10-12)18-13-7-3-2-4-8-13;6-3(4(7)10)5(11)8-1-2-9/h2-11H,1H3,(H,16,17);3,9H,1-2,6H2,(H2,7,10)(H,8,11). The summed E-state index contributed by atoms with van der Waals surface area (Å²) in [6.45, 7) is 1.53. The minimum atomic E-state index is -1.33. The molecule has 29 heavy (non-hydrogen) atoms. The zero-order valence-corrected chi connectivity index (χ0v) is 15.9. The molecule has 9 heteroatoms. The van der Waals surface area contributed by atoms with Crippen LogP contribution in [0.15, 0.2) is 54.6 Å². The number of para-hydroxylation sites is 1. The summed E-state index contributed by atoms with van der Waals surface area (Å²) >= 11 is 0. The van der Waals surface area contributed by atoms with Gasteiger partial charge in [-0.1, -0.05) is 30.3 Å². The Kier molecular flexibility index (Phi) is 9.86. The third kappa shape index (κ3) is 8.41. The van der Waals surface area contributed by atoms with Gasteiger partial charge in [-0.2, -0.15) is 0 Å². The van der Waals surface area contributed by atoms with Gasteiger partial charge < -0.3 is 31.7 Å². The van der Waals surface area contributed by atoms with E-state index in [9.17, 15) is 14.4 Å². The van der Waals surface area contributed by atoms with Crippen LogP contribution >= 0.6 is 0 Å². The molecule has 156 valence electrons. The topological polar surface area (TPSA) is 165 Å². The van der Waals surface area contributed by atoms with Crippen LogP contribution < -0.4 is 21.5 Å². The first-order chi connectivity index (χ1) is 13.8. The molecule has 0 aliphatic carbocycles. The molecule has 2 rings (SSSR count). The molecule has 0 saturated heterocycles. The molecule has 0 bridgehead atoms. The first-order valence-corrected chi connectivity index (χ1v) is 8.75. The second-order valence-corrected chi connectivity index (χ2v) is 5.94. The van der Waals surface area contributed by atoms with Crippen molar-refractivity contribution >= 4 is 17.8 Å². The van der Waals surface area contributed by atoms with Gasteiger partial charge in [0.25, 0.3) is 0 Å². The number of amides is 2. The predicted molar refractivity (Wildman–Crippen MR) is 106 cm³/mol. The number of aliphatic carboxylic acids is 1. The molecule has 0 aromatic heterocycles. The fourth-order valence-electron chi connectivity index (χ4n) is 2.03. The summed E-state index contributed by atoms with van der Waals surface area (Å²) in [7, 11) is 0. The number of carboxylic acid groups (broad SMARTS) is 1. The molecule has 0 spiro atoms. The number of ether oxygens (including phenoxy) is 1. The Hall–Kier alpha value is -3.43. The minimum absolute atomic E-state index is 0.0693. The molecular formula is C20H25N3O6. The number of benzene rings is 2. The van der Waals surface area contributed by atoms with Gasteiger partial charge >= 0.3 is 5.97 Å². The highest BCUT2D eigenvalue weighted by atomic mass is 16.5. The van der Waals surface area contributed by atoms with E-state index in [0.29, 0.717) is 5.75 Å². The Morgan fingerprint density at radius 1 is 1.07 bits per heavy atom. The van der Waals surface area contributed by atoms with Crippen LogP contribution in [-0.4, -0.2) is 47.2 Å². The van der Waals surface area contributed by atoms with Crippen molar-refractivity contribution in [1.29, 1.82) is 0 Å². The number of hydrogen-bond donors (Lipinski definition) is 5. The van der Waals surface area contributed by atoms with Crippen molar-refractivity contribution in [3.63, 3.8) is 0 Å². The Bertz CT molecular complexity index is 813. The molecule has 0 saturated carbocycles. The van der Waals surface area contributed by atoms with Crippen LogP contribution in [0.4, 0.5) is 0 Å². The van der Waals surface area contributed by atoms with Crippen LogP contribution in [0.3, 0.4) is 0 Å². The SMILES string of the molecule is CC(C(=O)O)c1cccc(Oc2ccccc2)c1.NC(=O)C(N)C(=O)NCCO. The van der Waals surface area contributed by atoms with E-state index in [2.05, 4.69) is 5.32 Å². The highest BCUT2D eigenvalue weighted by Gasteiger charge is 2.17. The van der Waals surface area contributed by atoms with E-state index in [1.807, 2.05) is 36.4 Å². The quantitative estimate of drug-likeness (QED) is 0.402. The number of rotatable bonds is 8. The van der Waals surface area contributed by atoms with Crippen LogP contribution in [0.2, 0.25) is 0 Å². The lowest BCUT2D eigenvalue weighted by Crippen LogP contribution is -2.49. The molecule has 2 unspecified atom stereocenters. The van der Waals surface area contributed by atoms with E-state index < -0.39 is 29.7 Å². The molecule has 2 atom stereocenters. The number of aliphatic hydroxyl groups is 1. The van der Waals surface area contributed by atoms with Gasteiger partial charge in [-0.25, -0.2) is 0 Å². The van der Waals surface area contributed by atoms with Crippen molar-refractivity contribution < 1.29 is 29.3 Å². The van der Waals surface area contributed by atoms with Gasteiger partial charge in [0.05, 0.1) is 12.5 Å². The van der Waals surface area contributed by atoms with E-state index >= 15 is 0 Å². The third-order valence-electron chi connectivity index (χ3n) is 3.71. The lowest BCUT2D eigenvalue weighted by Gasteiger charge is -2.10. The molecule has 7 N–H and O–H groups in total. The van der Waals surface area contributed by atoms with Gasteiger partial charge in [0, 0.05) is 6.54 Å². The van der Waals surface area contributed by atoms with Gasteiger partial charge in [0.15, 0.2) is 6.04 Å². The molecule has 0 radical (unpaired) electrons. The first-order valence-electron chi connectivity index (χ1n) is 8.75. The highest BCUT2D eigenvalue weighted by Crippen LogP contribution is 2.25. The molecule has 0 heterocycles. The second-order valence-electron chi connectivity index (χ2n) is 5.94. The molecule has 2 aromatic rings. The lowest BCUT2D eigenvalue weighted by molar-refractivity contribution is -0.138. The van der Waals surface area contributed by atoms with Crippen molar-refractivity contribution in [1.82, 2.24) is 5.32 Å². The number of primary amides is 1. The Morgan fingerprint density at radius 3 is 2.24 bits per heavy atom. The first kappa shape index (κ1) is 23.6. The Labute approximate surface area is 168 Å². The van der Waals surface area contributed by atoms with Gasteiger partial charge in [-0.15, -0.1) is 0 Å². The average molecular weight is 403 g/mol. The number of nitrogens with one attached hydrogen (secondary N) is 1. The van der Waals surface area contributed by atoms with E-state index in [1.54, 1.807) is 25.1 Å². The van der Waals surface area contributed by atoms with E-state index in [-0.39, 0.29) is 13.2 Å². The van der Waals surface area contributed by atoms with Gasteiger partial charge in [-0.05, 0) is 36.8 Å². The van der Waals surface area contributed by atoms with E-state index in [1.165, 1.54) is 0 Å². The largest absolute Gasteiger partial charge is 0.481 e. The summed E-state index contributed by atoms with van der Waals surface area (Å²) in [6, 6.07) is 15.2. The second kappa shape index (κ2) is 12.1. The van der Waals surface area contributed by atoms with Crippen molar-refractivity contribution in [2.24, 2.45) is 11.5 Å². The van der Waals surface area contributed by atoms with Gasteiger partial charge in [0.2, 0.25) is 11.8 Å². The zero-order chi connectivity index (χ0) is 21.8. The molecule has 9 nitrogen and oxygen atoms in total. The van der Waals surface area contributed by atoms with Crippen LogP contribution in [0.1, 0.15) is 18.4 Å². The van der Waals surface area contributed by atoms with Crippen LogP contribution in [-0.2, 0) is 14.4 Å². The lowest BCUT2D eigenvalue weighted by atomic mass is 10.0. The Morgan fingerprint density at radius 2 is 1.69 bits per heavy atom. The molecule has 2 aromatic carbocycles. The van der Waals surface area contributed by atoms with Crippen molar-refractivity contribution in [2.75, 3.05) is 13.2 Å². The maximum atomic E-state index is 10.9. The van der Waals surface area contributed by atoms with Crippen molar-refractivity contribution in [3.8, 4) is 11.5 Å². The number of carboxylic acids is 1. The number of hydrogen-bond acceptors (Lipinski definition) is 6. The minimum Gasteiger partial charge on any atom is -0.481 e. The summed E-state index contributed by atoms with van der Waals surface area (Å²) in [6.07, 6.45) is 0. The summed E-state index contributed by atoms with van der Waals surface area (Å²) in [5.74, 6) is -1.56. The fraction of sp³-hybridized carbons (Fsp3) is 0.250. The molecule has 0 aliphatic heterocycles. The molecule has 0 fully saturated rings. The summed E-state index contributed by atoms with van der Waals surface area (Å²) < 4.78 is 5.66. The number of aliphatic hydroxyl groups excluding tert-OH is 1. The summed E-state index contributed by atoms with van der Waals surface area (Å²) in [5.41, 5.74) is 10.5. The molecular weight excluding hydrogens is 378 g/mol. The van der Waals surface area contributed by atoms with Crippen molar-refractivity contribution in [2.45, 2.75) is 18.9 Å². The summed E-state index contributed by atoms with van der Waals surface area (Å²) in [4.78, 5) is 31.9. The summed E-state index contributed by atoms with van der Waals surface area (Å²) in [5, 5.41) is 19.4. The maximum Gasteiger partial charge on any atom is 0.310 e. The average Bonchev–Trinajstić information content (AvgIpc) is 2.72. The van der Waals surface area contributed by atoms with Gasteiger partial charge in [0.1, 0.15) is 11.5 Å². The Balaban J connectivity index is 0.000000331. The molecule has 2 amide bonds. The van der Waals surface area contributed by atoms with Crippen LogP contribution in [0.5, 0.6) is 11.5 Å². The van der Waals surface area contributed by atoms with Crippen molar-refractivity contribution in [3.05, 3.63) is 60.2 Å². The smallest absolute Gasteiger partial charge is 0.310 e. The van der Waals surface area contributed by atoms with E-state index in [4.69, 9.17) is 26.4 Å². The number of nitrogens with two attached hydrogens (primary N) is 2. The van der Waals surface area contributed by atoms with Crippen LogP contribution in [0, 0.1) is 0 Å². The normalized spacial score (nSPS) is 12.0. The van der Waals surface area contributed by atoms with E-state index in [0.717, 1.165) is 11.3 Å². The molecule has 0 aliphatic rings.